The number of carbonyl (C=O) groups is 2. The van der Waals surface area contributed by atoms with Gasteiger partial charge in [0.25, 0.3) is 11.8 Å². The first-order chi connectivity index (χ1) is 23.5. The Kier molecular flexibility index (Phi) is 7.00. The van der Waals surface area contributed by atoms with Crippen molar-refractivity contribution in [3.63, 3.8) is 0 Å². The second-order valence-corrected chi connectivity index (χ2v) is 15.3. The number of halogens is 4. The van der Waals surface area contributed by atoms with Crippen LogP contribution in [0.1, 0.15) is 92.7 Å². The molecule has 0 unspecified atom stereocenters. The van der Waals surface area contributed by atoms with Crippen LogP contribution in [-0.2, 0) is 11.3 Å². The number of benzene rings is 2. The van der Waals surface area contributed by atoms with Gasteiger partial charge in [0.1, 0.15) is 17.2 Å². The van der Waals surface area contributed by atoms with Gasteiger partial charge >= 0.3 is 0 Å². The molecule has 4 bridgehead atoms. The van der Waals surface area contributed by atoms with Gasteiger partial charge < -0.3 is 25.1 Å². The monoisotopic (exact) mass is 676 g/mol. The van der Waals surface area contributed by atoms with Crippen LogP contribution in [0.3, 0.4) is 0 Å². The first-order valence-corrected chi connectivity index (χ1v) is 17.7. The summed E-state index contributed by atoms with van der Waals surface area (Å²) in [5.41, 5.74) is 7.96. The highest BCUT2D eigenvalue weighted by atomic mass is 19.3. The fourth-order valence-corrected chi connectivity index (χ4v) is 8.98. The smallest absolute Gasteiger partial charge is 0.265 e. The molecule has 3 aliphatic carbocycles. The Balaban J connectivity index is 1.18. The Morgan fingerprint density at radius 3 is 2.57 bits per heavy atom. The molecule has 2 amide bonds. The molecule has 1 saturated heterocycles. The van der Waals surface area contributed by atoms with Gasteiger partial charge in [-0.25, -0.2) is 22.5 Å². The van der Waals surface area contributed by atoms with Crippen LogP contribution >= 0.6 is 0 Å². The third-order valence-corrected chi connectivity index (χ3v) is 11.9. The number of aromatic nitrogens is 3. The third kappa shape index (κ3) is 5.23. The predicted molar refractivity (Wildman–Crippen MR) is 176 cm³/mol. The molecule has 0 spiro atoms. The topological polar surface area (TPSA) is 98.2 Å². The zero-order valence-electron chi connectivity index (χ0n) is 27.4. The van der Waals surface area contributed by atoms with E-state index in [0.717, 1.165) is 32.1 Å². The van der Waals surface area contributed by atoms with Gasteiger partial charge in [0, 0.05) is 59.0 Å². The molecule has 0 radical (unpaired) electrons. The van der Waals surface area contributed by atoms with E-state index in [1.54, 1.807) is 34.6 Å². The number of nitrogens with one attached hydrogen (secondary N) is 1. The number of hydrogen-bond donors (Lipinski definition) is 2. The van der Waals surface area contributed by atoms with E-state index in [1.165, 1.54) is 16.7 Å². The van der Waals surface area contributed by atoms with Crippen molar-refractivity contribution in [2.75, 3.05) is 6.54 Å². The van der Waals surface area contributed by atoms with Gasteiger partial charge in [-0.2, -0.15) is 0 Å². The van der Waals surface area contributed by atoms with Crippen molar-refractivity contribution >= 4 is 33.8 Å². The highest BCUT2D eigenvalue weighted by Gasteiger charge is 2.44. The minimum atomic E-state index is -3.10. The number of likely N-dealkylation sites (tertiary alicyclic amines) is 1. The quantitative estimate of drug-likeness (QED) is 0.232. The molecule has 49 heavy (non-hydrogen) atoms. The second-order valence-electron chi connectivity index (χ2n) is 15.3. The SMILES string of the molecule is C[C@H]1NC(=O)[C@@H]2C[C@H]2CCCC(F)(F)Cn2c(-c3nc4cc(C(=O)N5C[C@H](N)[C@@H]6CC[C@H]5C6)cc(F)c4n3C3CC3)cc3cc(F)c1cc32. The van der Waals surface area contributed by atoms with E-state index in [2.05, 4.69) is 5.32 Å². The highest BCUT2D eigenvalue weighted by molar-refractivity contribution is 5.99. The molecule has 6 atom stereocenters. The molecule has 258 valence electrons. The molecule has 9 rings (SSSR count). The van der Waals surface area contributed by atoms with E-state index in [4.69, 9.17) is 10.7 Å². The Bertz CT molecular complexity index is 2030. The van der Waals surface area contributed by atoms with E-state index in [1.807, 2.05) is 0 Å². The molecular weight excluding hydrogens is 636 g/mol. The molecule has 5 aliphatic rings. The van der Waals surface area contributed by atoms with Crippen molar-refractivity contribution < 1.29 is 27.2 Å². The van der Waals surface area contributed by atoms with Crippen molar-refractivity contribution in [2.45, 2.75) is 101 Å². The number of nitrogens with zero attached hydrogens (tertiary/aromatic N) is 4. The summed E-state index contributed by atoms with van der Waals surface area (Å²) in [6.45, 7) is 1.46. The van der Waals surface area contributed by atoms with E-state index in [9.17, 15) is 9.59 Å². The molecule has 12 heteroatoms. The number of piperidine rings is 1. The average molecular weight is 677 g/mol. The molecule has 2 aromatic heterocycles. The predicted octanol–water partition coefficient (Wildman–Crippen LogP) is 6.86. The van der Waals surface area contributed by atoms with Crippen LogP contribution in [0.15, 0.2) is 30.3 Å². The Morgan fingerprint density at radius 2 is 1.78 bits per heavy atom. The van der Waals surface area contributed by atoms with Crippen molar-refractivity contribution in [1.82, 2.24) is 24.3 Å². The Labute approximate surface area is 281 Å². The summed E-state index contributed by atoms with van der Waals surface area (Å²) in [5.74, 6) is -4.17. The van der Waals surface area contributed by atoms with Crippen molar-refractivity contribution in [2.24, 2.45) is 23.5 Å². The minimum absolute atomic E-state index is 0.0582. The molecule has 2 aromatic carbocycles. The van der Waals surface area contributed by atoms with Crippen LogP contribution in [0, 0.1) is 29.4 Å². The molecule has 4 fully saturated rings. The van der Waals surface area contributed by atoms with E-state index in [-0.39, 0.29) is 76.8 Å². The summed E-state index contributed by atoms with van der Waals surface area (Å²) in [6, 6.07) is 6.57. The number of fused-ring (bicyclic) bond motifs is 5. The van der Waals surface area contributed by atoms with Crippen LogP contribution in [-0.4, -0.2) is 55.4 Å². The van der Waals surface area contributed by atoms with Gasteiger partial charge in [-0.3, -0.25) is 9.59 Å². The number of carbonyl (C=O) groups excluding carboxylic acids is 2. The number of alkyl halides is 2. The number of imidazole rings is 1. The molecule has 8 nitrogen and oxygen atoms in total. The van der Waals surface area contributed by atoms with E-state index < -0.39 is 30.1 Å². The molecule has 4 heterocycles. The van der Waals surface area contributed by atoms with Gasteiger partial charge in [0.2, 0.25) is 5.91 Å². The molecular formula is C37H40F4N6O2. The molecule has 2 aliphatic heterocycles. The van der Waals surface area contributed by atoms with E-state index in [0.29, 0.717) is 47.7 Å². The Morgan fingerprint density at radius 1 is 0.980 bits per heavy atom. The van der Waals surface area contributed by atoms with Gasteiger partial charge in [0.15, 0.2) is 5.82 Å². The number of nitrogens with two attached hydrogens (primary N) is 1. The van der Waals surface area contributed by atoms with Crippen LogP contribution < -0.4 is 11.1 Å². The summed E-state index contributed by atoms with van der Waals surface area (Å²) in [6.07, 6.45) is 5.33. The summed E-state index contributed by atoms with van der Waals surface area (Å²) < 4.78 is 66.8. The van der Waals surface area contributed by atoms with Crippen LogP contribution in [0.25, 0.3) is 33.5 Å². The van der Waals surface area contributed by atoms with Crippen molar-refractivity contribution in [3.8, 4) is 11.5 Å². The lowest BCUT2D eigenvalue weighted by atomic mass is 9.94. The minimum Gasteiger partial charge on any atom is -0.349 e. The average Bonchev–Trinajstić information content (AvgIpc) is 3.93. The molecule has 4 aromatic rings. The van der Waals surface area contributed by atoms with Crippen LogP contribution in [0.5, 0.6) is 0 Å². The van der Waals surface area contributed by atoms with E-state index >= 15 is 17.6 Å². The lowest BCUT2D eigenvalue weighted by molar-refractivity contribution is -0.123. The number of rotatable bonds is 3. The normalized spacial score (nSPS) is 29.7. The maximum Gasteiger partial charge on any atom is 0.265 e. The van der Waals surface area contributed by atoms with Crippen LogP contribution in [0.4, 0.5) is 17.6 Å². The highest BCUT2D eigenvalue weighted by Crippen LogP contribution is 2.46. The summed E-state index contributed by atoms with van der Waals surface area (Å²) >= 11 is 0. The summed E-state index contributed by atoms with van der Waals surface area (Å²) in [7, 11) is 0. The summed E-state index contributed by atoms with van der Waals surface area (Å²) in [4.78, 5) is 33.3. The first-order valence-electron chi connectivity index (χ1n) is 17.7. The zero-order chi connectivity index (χ0) is 33.9. The maximum atomic E-state index is 16.2. The van der Waals surface area contributed by atoms with Gasteiger partial charge in [-0.15, -0.1) is 0 Å². The zero-order valence-corrected chi connectivity index (χ0v) is 27.4. The number of amides is 2. The fraction of sp³-hybridized carbons (Fsp3) is 0.541. The standard InChI is InChI=1S/C37H40F4N6O2/c1-18-25-15-31-21(11-27(25)38)14-32(46(31)17-37(40,41)8-2-3-19-10-26(19)35(48)43-18)34-44-30-13-22(12-28(39)33(30)47(34)23-6-7-23)36(49)45-16-29(42)20-4-5-24(45)9-20/h11-15,18-20,23-24,26,29H,2-10,16-17,42H2,1H3,(H,43,48)/t18-,19-,20-,24+,26-,29+/m1/s1. The van der Waals surface area contributed by atoms with Crippen molar-refractivity contribution in [1.29, 1.82) is 0 Å². The number of hydrogen-bond acceptors (Lipinski definition) is 4. The molecule has 3 N–H and O–H groups in total. The lowest BCUT2D eigenvalue weighted by Gasteiger charge is -2.37. The van der Waals surface area contributed by atoms with Crippen LogP contribution in [0.2, 0.25) is 0 Å². The van der Waals surface area contributed by atoms with Crippen molar-refractivity contribution in [3.05, 3.63) is 53.1 Å². The Hall–Kier alpha value is -3.93. The maximum absolute atomic E-state index is 16.2. The fourth-order valence-electron chi connectivity index (χ4n) is 8.98. The molecule has 3 saturated carbocycles. The second kappa shape index (κ2) is 11.0. The third-order valence-electron chi connectivity index (χ3n) is 11.9. The van der Waals surface area contributed by atoms with Gasteiger partial charge in [0.05, 0.1) is 23.8 Å². The largest absolute Gasteiger partial charge is 0.349 e. The lowest BCUT2D eigenvalue weighted by Crippen LogP contribution is -2.51. The first kappa shape index (κ1) is 31.1. The summed E-state index contributed by atoms with van der Waals surface area (Å²) in [5, 5.41) is 3.34. The van der Waals surface area contributed by atoms with Gasteiger partial charge in [-0.1, -0.05) is 0 Å². The van der Waals surface area contributed by atoms with Gasteiger partial charge in [-0.05, 0) is 100 Å².